The highest BCUT2D eigenvalue weighted by molar-refractivity contribution is 5.33. The second-order valence-electron chi connectivity index (χ2n) is 9.63. The topological polar surface area (TPSA) is 49.4 Å². The number of pyridine rings is 1. The van der Waals surface area contributed by atoms with Crippen molar-refractivity contribution in [1.82, 2.24) is 20.5 Å². The summed E-state index contributed by atoms with van der Waals surface area (Å²) < 4.78 is 5.48. The van der Waals surface area contributed by atoms with Crippen LogP contribution in [-0.2, 0) is 17.6 Å². The van der Waals surface area contributed by atoms with Crippen LogP contribution in [-0.4, -0.2) is 55.3 Å². The Morgan fingerprint density at radius 3 is 2.85 bits per heavy atom. The molecule has 1 aromatic carbocycles. The van der Waals surface area contributed by atoms with Crippen molar-refractivity contribution >= 4 is 0 Å². The highest BCUT2D eigenvalue weighted by Gasteiger charge is 2.30. The van der Waals surface area contributed by atoms with Crippen molar-refractivity contribution in [2.45, 2.75) is 56.7 Å². The number of aryl methyl sites for hydroxylation is 1. The lowest BCUT2D eigenvalue weighted by Crippen LogP contribution is -2.41. The van der Waals surface area contributed by atoms with Gasteiger partial charge in [0.1, 0.15) is 0 Å². The number of aromatic nitrogens is 1. The molecule has 1 fully saturated rings. The van der Waals surface area contributed by atoms with E-state index < -0.39 is 0 Å². The number of nitrogens with zero attached hydrogens (tertiary/aromatic N) is 2. The second kappa shape index (κ2) is 11.4. The van der Waals surface area contributed by atoms with Gasteiger partial charge in [-0.05, 0) is 67.8 Å². The summed E-state index contributed by atoms with van der Waals surface area (Å²) in [7, 11) is 0. The zero-order valence-electron chi connectivity index (χ0n) is 19.7. The van der Waals surface area contributed by atoms with Crippen molar-refractivity contribution in [2.75, 3.05) is 39.4 Å². The first-order valence-corrected chi connectivity index (χ1v) is 12.8. The molecule has 2 aliphatic heterocycles. The molecule has 0 radical (unpaired) electrons. The molecule has 0 amide bonds. The summed E-state index contributed by atoms with van der Waals surface area (Å²) in [5, 5.41) is 7.48. The van der Waals surface area contributed by atoms with Crippen LogP contribution in [0.2, 0.25) is 0 Å². The minimum absolute atomic E-state index is 0.373. The van der Waals surface area contributed by atoms with Gasteiger partial charge in [-0.15, -0.1) is 0 Å². The maximum atomic E-state index is 5.48. The van der Waals surface area contributed by atoms with Crippen molar-refractivity contribution in [2.24, 2.45) is 0 Å². The smallest absolute Gasteiger partial charge is 0.0607 e. The van der Waals surface area contributed by atoms with Gasteiger partial charge in [0.05, 0.1) is 11.7 Å². The summed E-state index contributed by atoms with van der Waals surface area (Å²) in [5.41, 5.74) is 5.69. The molecule has 0 saturated carbocycles. The number of nitrogens with one attached hydrogen (secondary N) is 2. The Morgan fingerprint density at radius 1 is 1.03 bits per heavy atom. The van der Waals surface area contributed by atoms with E-state index in [1.54, 1.807) is 0 Å². The van der Waals surface area contributed by atoms with E-state index in [4.69, 9.17) is 9.72 Å². The van der Waals surface area contributed by atoms with Gasteiger partial charge < -0.3 is 15.4 Å². The lowest BCUT2D eigenvalue weighted by Gasteiger charge is -2.38. The van der Waals surface area contributed by atoms with Crippen LogP contribution in [0.1, 0.15) is 60.2 Å². The molecular weight excluding hydrogens is 408 g/mol. The number of hydrogen-bond donors (Lipinski definition) is 2. The zero-order valence-corrected chi connectivity index (χ0v) is 19.7. The van der Waals surface area contributed by atoms with Crippen molar-refractivity contribution in [1.29, 1.82) is 0 Å². The average molecular weight is 447 g/mol. The molecule has 1 aliphatic carbocycles. The monoisotopic (exact) mass is 446 g/mol. The van der Waals surface area contributed by atoms with Gasteiger partial charge in [-0.25, -0.2) is 0 Å². The summed E-state index contributed by atoms with van der Waals surface area (Å²) in [6.07, 6.45) is 13.6. The van der Waals surface area contributed by atoms with E-state index >= 15 is 0 Å². The summed E-state index contributed by atoms with van der Waals surface area (Å²) in [6, 6.07) is 14.7. The summed E-state index contributed by atoms with van der Waals surface area (Å²) >= 11 is 0. The van der Waals surface area contributed by atoms with Gasteiger partial charge >= 0.3 is 0 Å². The van der Waals surface area contributed by atoms with E-state index in [2.05, 4.69) is 64.1 Å². The minimum Gasteiger partial charge on any atom is -0.381 e. The quantitative estimate of drug-likeness (QED) is 0.601. The molecule has 5 heteroatoms. The molecule has 2 atom stereocenters. The highest BCUT2D eigenvalue weighted by Crippen LogP contribution is 2.34. The minimum atomic E-state index is 0.373. The Labute approximate surface area is 198 Å². The van der Waals surface area contributed by atoms with Crippen LogP contribution in [0.25, 0.3) is 0 Å². The molecule has 2 N–H and O–H groups in total. The van der Waals surface area contributed by atoms with Crippen LogP contribution < -0.4 is 10.6 Å². The number of benzene rings is 1. The molecular formula is C28H38N4O. The third-order valence-electron chi connectivity index (χ3n) is 7.49. The van der Waals surface area contributed by atoms with Gasteiger partial charge in [0.25, 0.3) is 0 Å². The SMILES string of the molecule is C(=C\CN(C[C@@H]1NCCc2ccccc21)[C@H]1CCCc2cccnc21)/CNC1CCOCC1. The van der Waals surface area contributed by atoms with Crippen molar-refractivity contribution in [3.05, 3.63) is 77.1 Å². The summed E-state index contributed by atoms with van der Waals surface area (Å²) in [5.74, 6) is 0. The van der Waals surface area contributed by atoms with Gasteiger partial charge in [-0.1, -0.05) is 42.5 Å². The fourth-order valence-electron chi connectivity index (χ4n) is 5.69. The predicted molar refractivity (Wildman–Crippen MR) is 133 cm³/mol. The molecule has 3 heterocycles. The molecule has 3 aliphatic rings. The average Bonchev–Trinajstić information content (AvgIpc) is 2.88. The molecule has 0 bridgehead atoms. The maximum Gasteiger partial charge on any atom is 0.0607 e. The fourth-order valence-corrected chi connectivity index (χ4v) is 5.69. The van der Waals surface area contributed by atoms with E-state index in [0.717, 1.165) is 65.1 Å². The number of hydrogen-bond acceptors (Lipinski definition) is 5. The van der Waals surface area contributed by atoms with E-state index in [1.165, 1.54) is 35.2 Å². The van der Waals surface area contributed by atoms with Crippen LogP contribution in [0.5, 0.6) is 0 Å². The Bertz CT molecular complexity index is 924. The highest BCUT2D eigenvalue weighted by atomic mass is 16.5. The summed E-state index contributed by atoms with van der Waals surface area (Å²) in [6.45, 7) is 5.73. The Kier molecular flexibility index (Phi) is 7.84. The predicted octanol–water partition coefficient (Wildman–Crippen LogP) is 3.97. The molecule has 5 rings (SSSR count). The van der Waals surface area contributed by atoms with Crippen LogP contribution in [0.3, 0.4) is 0 Å². The first kappa shape index (κ1) is 22.7. The largest absolute Gasteiger partial charge is 0.381 e. The molecule has 0 spiro atoms. The molecule has 1 saturated heterocycles. The molecule has 33 heavy (non-hydrogen) atoms. The first-order chi connectivity index (χ1) is 16.4. The van der Waals surface area contributed by atoms with Gasteiger partial charge in [0, 0.05) is 51.1 Å². The maximum absolute atomic E-state index is 5.48. The van der Waals surface area contributed by atoms with Gasteiger partial charge in [0.2, 0.25) is 0 Å². The van der Waals surface area contributed by atoms with Crippen LogP contribution in [0.4, 0.5) is 0 Å². The zero-order chi connectivity index (χ0) is 22.3. The molecule has 5 nitrogen and oxygen atoms in total. The number of fused-ring (bicyclic) bond motifs is 2. The third-order valence-corrected chi connectivity index (χ3v) is 7.49. The van der Waals surface area contributed by atoms with Crippen LogP contribution in [0, 0.1) is 0 Å². The number of ether oxygens (including phenoxy) is 1. The Morgan fingerprint density at radius 2 is 1.91 bits per heavy atom. The van der Waals surface area contributed by atoms with Crippen LogP contribution in [0.15, 0.2) is 54.7 Å². The lowest BCUT2D eigenvalue weighted by atomic mass is 9.89. The Balaban J connectivity index is 1.29. The normalized spacial score (nSPS) is 23.5. The first-order valence-electron chi connectivity index (χ1n) is 12.8. The van der Waals surface area contributed by atoms with Gasteiger partial charge in [-0.2, -0.15) is 0 Å². The lowest BCUT2D eigenvalue weighted by molar-refractivity contribution is 0.0789. The number of rotatable bonds is 8. The van der Waals surface area contributed by atoms with E-state index in [1.807, 2.05) is 6.20 Å². The van der Waals surface area contributed by atoms with E-state index in [9.17, 15) is 0 Å². The summed E-state index contributed by atoms with van der Waals surface area (Å²) in [4.78, 5) is 7.52. The fraction of sp³-hybridized carbons (Fsp3) is 0.536. The molecule has 0 unspecified atom stereocenters. The van der Waals surface area contributed by atoms with Gasteiger partial charge in [-0.3, -0.25) is 9.88 Å². The van der Waals surface area contributed by atoms with Crippen LogP contribution >= 0.6 is 0 Å². The van der Waals surface area contributed by atoms with Crippen molar-refractivity contribution in [3.63, 3.8) is 0 Å². The molecule has 176 valence electrons. The molecule has 2 aromatic rings. The van der Waals surface area contributed by atoms with Crippen molar-refractivity contribution in [3.8, 4) is 0 Å². The Hall–Kier alpha value is -2.05. The third kappa shape index (κ3) is 5.72. The van der Waals surface area contributed by atoms with E-state index in [-0.39, 0.29) is 0 Å². The van der Waals surface area contributed by atoms with Gasteiger partial charge in [0.15, 0.2) is 0 Å². The second-order valence-corrected chi connectivity index (χ2v) is 9.63. The van der Waals surface area contributed by atoms with E-state index in [0.29, 0.717) is 18.1 Å². The molecule has 1 aromatic heterocycles. The standard InChI is InChI=1S/C28H38N4O/c1-2-10-25-22(7-1)12-17-30-26(25)21-32(18-4-3-15-29-24-13-19-33-20-14-24)27-11-5-8-23-9-6-16-31-28(23)27/h1-4,6-7,9-10,16,24,26-27,29-30H,5,8,11-15,17-21H2/b4-3+/t26-,27-/m0/s1. The van der Waals surface area contributed by atoms with Crippen molar-refractivity contribution < 1.29 is 4.74 Å².